The first-order valence-corrected chi connectivity index (χ1v) is 15.4. The molecule has 0 aliphatic carbocycles. The van der Waals surface area contributed by atoms with Crippen molar-refractivity contribution in [2.45, 2.75) is 108 Å². The highest BCUT2D eigenvalue weighted by atomic mass is 16.4. The molecule has 6 amide bonds. The molecule has 6 atom stereocenters. The summed E-state index contributed by atoms with van der Waals surface area (Å²) in [6.45, 7) is 4.54. The van der Waals surface area contributed by atoms with Crippen LogP contribution in [0.25, 0.3) is 0 Å². The average molecular weight is 660 g/mol. The van der Waals surface area contributed by atoms with Crippen LogP contribution in [-0.4, -0.2) is 108 Å². The van der Waals surface area contributed by atoms with Gasteiger partial charge in [-0.2, -0.15) is 0 Å². The van der Waals surface area contributed by atoms with Crippen molar-refractivity contribution in [2.24, 2.45) is 28.9 Å². The molecule has 18 nitrogen and oxygen atoms in total. The molecule has 264 valence electrons. The van der Waals surface area contributed by atoms with Crippen LogP contribution in [0, 0.1) is 5.92 Å². The standard InChI is InChI=1S/C28H53N9O9/c1-15(2)22(28(45)46)36-21(40)14-33-25(42)19(10-11-20(32)39)34-26(43)18(9-5-7-13-30)35-27(44)23(16(3)38)37-24(41)17(31)8-4-6-12-29/h15-19,22-23,38H,4-14,29-31H2,1-3H3,(H2,32,39)(H,33,42)(H,34,43)(H,35,44)(H,36,40)(H,37,41)(H,45,46)/t16-,17+,18+,19+,22+,23+/m1/s1. The first-order chi connectivity index (χ1) is 21.5. The molecule has 15 N–H and O–H groups in total. The van der Waals surface area contributed by atoms with E-state index in [9.17, 15) is 43.8 Å². The molecule has 0 radical (unpaired) electrons. The number of primary amides is 1. The average Bonchev–Trinajstić information content (AvgIpc) is 2.97. The minimum Gasteiger partial charge on any atom is -0.480 e. The lowest BCUT2D eigenvalue weighted by Gasteiger charge is -2.27. The second kappa shape index (κ2) is 22.6. The molecule has 0 saturated carbocycles. The summed E-state index contributed by atoms with van der Waals surface area (Å²) in [4.78, 5) is 87.2. The molecule has 0 aliphatic rings. The summed E-state index contributed by atoms with van der Waals surface area (Å²) < 4.78 is 0. The number of unbranched alkanes of at least 4 members (excludes halogenated alkanes) is 2. The van der Waals surface area contributed by atoms with Crippen molar-refractivity contribution in [1.82, 2.24) is 26.6 Å². The topological polar surface area (TPSA) is 324 Å². The van der Waals surface area contributed by atoms with E-state index in [0.717, 1.165) is 0 Å². The lowest BCUT2D eigenvalue weighted by molar-refractivity contribution is -0.143. The van der Waals surface area contributed by atoms with Gasteiger partial charge in [-0.25, -0.2) is 4.79 Å². The number of nitrogens with one attached hydrogen (secondary N) is 5. The minimum atomic E-state index is -1.47. The highest BCUT2D eigenvalue weighted by molar-refractivity contribution is 5.96. The first-order valence-electron chi connectivity index (χ1n) is 15.4. The third kappa shape index (κ3) is 17.0. The molecule has 0 aromatic heterocycles. The van der Waals surface area contributed by atoms with Crippen molar-refractivity contribution in [1.29, 1.82) is 0 Å². The zero-order valence-corrected chi connectivity index (χ0v) is 26.9. The van der Waals surface area contributed by atoms with Crippen LogP contribution >= 0.6 is 0 Å². The SMILES string of the molecule is CC(C)[C@H](NC(=O)CNC(=O)[C@H](CCC(N)=O)NC(=O)[C@H](CCCCN)NC(=O)[C@@H](NC(=O)[C@@H](N)CCCCN)[C@@H](C)O)C(=O)O. The number of hydrogen-bond acceptors (Lipinski definition) is 11. The summed E-state index contributed by atoms with van der Waals surface area (Å²) in [6.07, 6.45) is 0.521. The molecular weight excluding hydrogens is 606 g/mol. The zero-order valence-electron chi connectivity index (χ0n) is 26.9. The largest absolute Gasteiger partial charge is 0.480 e. The Morgan fingerprint density at radius 2 is 1.22 bits per heavy atom. The van der Waals surface area contributed by atoms with Gasteiger partial charge in [0.25, 0.3) is 0 Å². The van der Waals surface area contributed by atoms with Gasteiger partial charge in [-0.15, -0.1) is 0 Å². The van der Waals surface area contributed by atoms with E-state index in [2.05, 4.69) is 26.6 Å². The molecule has 0 rings (SSSR count). The summed E-state index contributed by atoms with van der Waals surface area (Å²) in [7, 11) is 0. The number of rotatable bonds is 24. The fraction of sp³-hybridized carbons (Fsp3) is 0.750. The fourth-order valence-corrected chi connectivity index (χ4v) is 4.18. The van der Waals surface area contributed by atoms with Crippen molar-refractivity contribution in [2.75, 3.05) is 19.6 Å². The van der Waals surface area contributed by atoms with Crippen molar-refractivity contribution >= 4 is 41.4 Å². The van der Waals surface area contributed by atoms with Gasteiger partial charge in [0.1, 0.15) is 24.2 Å². The summed E-state index contributed by atoms with van der Waals surface area (Å²) in [5.74, 6) is -6.54. The number of carbonyl (C=O) groups excluding carboxylic acids is 6. The van der Waals surface area contributed by atoms with Crippen LogP contribution in [0.1, 0.15) is 72.1 Å². The number of carboxylic acid groups (broad SMARTS) is 1. The number of aliphatic hydroxyl groups excluding tert-OH is 1. The number of carbonyl (C=O) groups is 7. The molecule has 0 aromatic rings. The van der Waals surface area contributed by atoms with E-state index in [-0.39, 0.29) is 19.3 Å². The van der Waals surface area contributed by atoms with Gasteiger partial charge in [0.2, 0.25) is 35.4 Å². The molecular formula is C28H53N9O9. The van der Waals surface area contributed by atoms with Gasteiger partial charge >= 0.3 is 5.97 Å². The van der Waals surface area contributed by atoms with Gasteiger partial charge in [0.15, 0.2) is 0 Å². The fourth-order valence-electron chi connectivity index (χ4n) is 4.18. The Hall–Kier alpha value is -3.87. The van der Waals surface area contributed by atoms with Gasteiger partial charge < -0.3 is 59.7 Å². The van der Waals surface area contributed by atoms with Crippen molar-refractivity contribution in [3.8, 4) is 0 Å². The van der Waals surface area contributed by atoms with Crippen LogP contribution in [0.4, 0.5) is 0 Å². The zero-order chi connectivity index (χ0) is 35.4. The van der Waals surface area contributed by atoms with E-state index >= 15 is 0 Å². The van der Waals surface area contributed by atoms with Crippen molar-refractivity contribution in [3.63, 3.8) is 0 Å². The van der Waals surface area contributed by atoms with Crippen LogP contribution in [0.2, 0.25) is 0 Å². The maximum Gasteiger partial charge on any atom is 0.326 e. The highest BCUT2D eigenvalue weighted by Crippen LogP contribution is 2.07. The Morgan fingerprint density at radius 1 is 0.674 bits per heavy atom. The van der Waals surface area contributed by atoms with Crippen LogP contribution in [0.15, 0.2) is 0 Å². The molecule has 0 bridgehead atoms. The van der Waals surface area contributed by atoms with Crippen LogP contribution in [-0.2, 0) is 33.6 Å². The number of hydrogen-bond donors (Lipinski definition) is 11. The Bertz CT molecular complexity index is 1030. The summed E-state index contributed by atoms with van der Waals surface area (Å²) in [5.41, 5.74) is 22.1. The van der Waals surface area contributed by atoms with E-state index in [1.54, 1.807) is 13.8 Å². The third-order valence-corrected chi connectivity index (χ3v) is 6.93. The number of carboxylic acids is 1. The highest BCUT2D eigenvalue weighted by Gasteiger charge is 2.32. The maximum atomic E-state index is 13.4. The van der Waals surface area contributed by atoms with Crippen molar-refractivity contribution < 1.29 is 43.8 Å². The predicted molar refractivity (Wildman–Crippen MR) is 167 cm³/mol. The van der Waals surface area contributed by atoms with E-state index in [0.29, 0.717) is 45.2 Å². The van der Waals surface area contributed by atoms with Gasteiger partial charge in [0.05, 0.1) is 18.7 Å². The van der Waals surface area contributed by atoms with Crippen LogP contribution in [0.5, 0.6) is 0 Å². The van der Waals surface area contributed by atoms with Crippen LogP contribution in [0.3, 0.4) is 0 Å². The molecule has 46 heavy (non-hydrogen) atoms. The van der Waals surface area contributed by atoms with Gasteiger partial charge in [-0.05, 0) is 64.5 Å². The minimum absolute atomic E-state index is 0.0617. The summed E-state index contributed by atoms with van der Waals surface area (Å²) in [6, 6.07) is -6.26. The smallest absolute Gasteiger partial charge is 0.326 e. The molecule has 0 spiro atoms. The van der Waals surface area contributed by atoms with Gasteiger partial charge in [-0.1, -0.05) is 20.3 Å². The summed E-state index contributed by atoms with van der Waals surface area (Å²) >= 11 is 0. The molecule has 0 aliphatic heterocycles. The Labute approximate surface area is 268 Å². The molecule has 0 heterocycles. The molecule has 0 saturated heterocycles. The lowest BCUT2D eigenvalue weighted by Crippen LogP contribution is -2.60. The Kier molecular flexibility index (Phi) is 20.7. The number of amides is 6. The monoisotopic (exact) mass is 659 g/mol. The first kappa shape index (κ1) is 42.1. The third-order valence-electron chi connectivity index (χ3n) is 6.93. The normalized spacial score (nSPS) is 15.0. The molecule has 0 aromatic carbocycles. The van der Waals surface area contributed by atoms with Crippen LogP contribution < -0.4 is 49.5 Å². The van der Waals surface area contributed by atoms with E-state index in [4.69, 9.17) is 22.9 Å². The van der Waals surface area contributed by atoms with Crippen molar-refractivity contribution in [3.05, 3.63) is 0 Å². The second-order valence-corrected chi connectivity index (χ2v) is 11.4. The number of aliphatic carboxylic acids is 1. The van der Waals surface area contributed by atoms with Gasteiger partial charge in [-0.3, -0.25) is 28.8 Å². The Balaban J connectivity index is 5.74. The summed E-state index contributed by atoms with van der Waals surface area (Å²) in [5, 5.41) is 31.4. The van der Waals surface area contributed by atoms with E-state index < -0.39 is 90.2 Å². The molecule has 0 fully saturated rings. The lowest BCUT2D eigenvalue weighted by atomic mass is 10.0. The quantitative estimate of drug-likeness (QED) is 0.0442. The number of nitrogens with two attached hydrogens (primary N) is 4. The number of aliphatic hydroxyl groups is 1. The van der Waals surface area contributed by atoms with E-state index in [1.165, 1.54) is 6.92 Å². The van der Waals surface area contributed by atoms with E-state index in [1.807, 2.05) is 0 Å². The molecule has 0 unspecified atom stereocenters. The Morgan fingerprint density at radius 3 is 1.72 bits per heavy atom. The predicted octanol–water partition coefficient (Wildman–Crippen LogP) is -3.99. The second-order valence-electron chi connectivity index (χ2n) is 11.4. The molecule has 18 heteroatoms. The van der Waals surface area contributed by atoms with Gasteiger partial charge in [0, 0.05) is 6.42 Å². The maximum absolute atomic E-state index is 13.4.